The number of halogens is 4. The van der Waals surface area contributed by atoms with Crippen LogP contribution in [0, 0.1) is 19.7 Å². The van der Waals surface area contributed by atoms with Crippen LogP contribution in [0.4, 0.5) is 28.0 Å². The van der Waals surface area contributed by atoms with Crippen molar-refractivity contribution in [3.05, 3.63) is 46.5 Å². The number of benzene rings is 1. The highest BCUT2D eigenvalue weighted by molar-refractivity contribution is 5.89. The van der Waals surface area contributed by atoms with E-state index in [1.165, 1.54) is 0 Å². The molecule has 0 aliphatic heterocycles. The maximum Gasteiger partial charge on any atom is 0.419 e. The number of rotatable bonds is 6. The Bertz CT molecular complexity index is 818. The monoisotopic (exact) mass is 388 g/mol. The van der Waals surface area contributed by atoms with E-state index in [0.717, 1.165) is 23.0 Å². The Morgan fingerprint density at radius 3 is 2.63 bits per heavy atom. The van der Waals surface area contributed by atoms with Crippen molar-refractivity contribution in [2.75, 3.05) is 19.0 Å². The molecular formula is C17H20F4N4O2. The van der Waals surface area contributed by atoms with Gasteiger partial charge in [0.25, 0.3) is 0 Å². The van der Waals surface area contributed by atoms with E-state index in [1.54, 1.807) is 18.7 Å². The van der Waals surface area contributed by atoms with Gasteiger partial charge in [-0.15, -0.1) is 0 Å². The highest BCUT2D eigenvalue weighted by Gasteiger charge is 2.34. The van der Waals surface area contributed by atoms with Gasteiger partial charge < -0.3 is 15.4 Å². The molecule has 2 amide bonds. The van der Waals surface area contributed by atoms with Crippen LogP contribution in [0.2, 0.25) is 0 Å². The summed E-state index contributed by atoms with van der Waals surface area (Å²) in [6.07, 6.45) is -4.84. The SMILES string of the molecule is COCCn1nc(C)c(CNC(=O)Nc2ccc(F)c(C(F)(F)F)c2)c1C. The Morgan fingerprint density at radius 1 is 1.30 bits per heavy atom. The molecule has 2 N–H and O–H groups in total. The number of aromatic nitrogens is 2. The van der Waals surface area contributed by atoms with Crippen LogP contribution in [0.15, 0.2) is 18.2 Å². The molecule has 27 heavy (non-hydrogen) atoms. The number of alkyl halides is 3. The molecule has 0 fully saturated rings. The molecule has 10 heteroatoms. The van der Waals surface area contributed by atoms with Gasteiger partial charge in [-0.3, -0.25) is 4.68 Å². The number of hydrogen-bond donors (Lipinski definition) is 2. The number of nitrogens with zero attached hydrogens (tertiary/aromatic N) is 2. The van der Waals surface area contributed by atoms with Crippen LogP contribution < -0.4 is 10.6 Å². The third-order valence-electron chi connectivity index (χ3n) is 3.99. The number of aryl methyl sites for hydroxylation is 1. The summed E-state index contributed by atoms with van der Waals surface area (Å²) in [6.45, 7) is 4.83. The second kappa shape index (κ2) is 8.38. The lowest BCUT2D eigenvalue weighted by atomic mass is 10.2. The van der Waals surface area contributed by atoms with E-state index in [2.05, 4.69) is 15.7 Å². The number of urea groups is 1. The highest BCUT2D eigenvalue weighted by atomic mass is 19.4. The maximum atomic E-state index is 13.3. The van der Waals surface area contributed by atoms with Crippen LogP contribution in [0.3, 0.4) is 0 Å². The van der Waals surface area contributed by atoms with Gasteiger partial charge in [-0.05, 0) is 32.0 Å². The molecule has 0 atom stereocenters. The molecular weight excluding hydrogens is 368 g/mol. The molecule has 0 radical (unpaired) electrons. The van der Waals surface area contributed by atoms with Gasteiger partial charge in [0.05, 0.1) is 24.4 Å². The Kier molecular flexibility index (Phi) is 6.42. The van der Waals surface area contributed by atoms with Crippen molar-refractivity contribution in [3.63, 3.8) is 0 Å². The third kappa shape index (κ3) is 5.19. The van der Waals surface area contributed by atoms with Gasteiger partial charge in [0, 0.05) is 30.6 Å². The molecule has 1 aromatic heterocycles. The molecule has 6 nitrogen and oxygen atoms in total. The second-order valence-electron chi connectivity index (χ2n) is 5.87. The molecule has 0 saturated carbocycles. The van der Waals surface area contributed by atoms with Crippen molar-refractivity contribution in [1.82, 2.24) is 15.1 Å². The van der Waals surface area contributed by atoms with E-state index < -0.39 is 23.6 Å². The van der Waals surface area contributed by atoms with E-state index in [9.17, 15) is 22.4 Å². The van der Waals surface area contributed by atoms with Crippen molar-refractivity contribution in [3.8, 4) is 0 Å². The smallest absolute Gasteiger partial charge is 0.383 e. The first-order valence-electron chi connectivity index (χ1n) is 8.07. The molecule has 2 aromatic rings. The number of nitrogens with one attached hydrogen (secondary N) is 2. The fraction of sp³-hybridized carbons (Fsp3) is 0.412. The third-order valence-corrected chi connectivity index (χ3v) is 3.99. The molecule has 0 unspecified atom stereocenters. The molecule has 0 aliphatic rings. The summed E-state index contributed by atoms with van der Waals surface area (Å²) in [5, 5.41) is 9.19. The quantitative estimate of drug-likeness (QED) is 0.743. The summed E-state index contributed by atoms with van der Waals surface area (Å²) in [4.78, 5) is 12.0. The van der Waals surface area contributed by atoms with E-state index in [-0.39, 0.29) is 12.2 Å². The average Bonchev–Trinajstić information content (AvgIpc) is 2.85. The van der Waals surface area contributed by atoms with Crippen molar-refractivity contribution in [2.45, 2.75) is 33.1 Å². The van der Waals surface area contributed by atoms with Gasteiger partial charge in [-0.25, -0.2) is 9.18 Å². The molecule has 148 valence electrons. The number of anilines is 1. The zero-order valence-corrected chi connectivity index (χ0v) is 15.1. The molecule has 0 spiro atoms. The first kappa shape index (κ1) is 20.7. The fourth-order valence-corrected chi connectivity index (χ4v) is 2.55. The van der Waals surface area contributed by atoms with Crippen LogP contribution in [0.5, 0.6) is 0 Å². The van der Waals surface area contributed by atoms with Crippen molar-refractivity contribution < 1.29 is 27.1 Å². The average molecular weight is 388 g/mol. The topological polar surface area (TPSA) is 68.2 Å². The number of carbonyl (C=O) groups is 1. The first-order chi connectivity index (χ1) is 12.6. The predicted molar refractivity (Wildman–Crippen MR) is 90.8 cm³/mol. The summed E-state index contributed by atoms with van der Waals surface area (Å²) in [5.74, 6) is -1.40. The minimum absolute atomic E-state index is 0.143. The molecule has 0 saturated heterocycles. The lowest BCUT2D eigenvalue weighted by molar-refractivity contribution is -0.139. The summed E-state index contributed by atoms with van der Waals surface area (Å²) in [6, 6.07) is 1.56. The molecule has 1 heterocycles. The largest absolute Gasteiger partial charge is 0.419 e. The summed E-state index contributed by atoms with van der Waals surface area (Å²) in [5.41, 5.74) is 0.782. The van der Waals surface area contributed by atoms with E-state index in [0.29, 0.717) is 25.3 Å². The van der Waals surface area contributed by atoms with Gasteiger partial charge in [-0.1, -0.05) is 0 Å². The van der Waals surface area contributed by atoms with Crippen LogP contribution in [0.1, 0.15) is 22.5 Å². The van der Waals surface area contributed by atoms with Crippen LogP contribution in [-0.2, 0) is 24.0 Å². The molecule has 2 rings (SSSR count). The van der Waals surface area contributed by atoms with E-state index in [1.807, 2.05) is 6.92 Å². The predicted octanol–water partition coefficient (Wildman–Crippen LogP) is 3.63. The van der Waals surface area contributed by atoms with Crippen LogP contribution in [-0.4, -0.2) is 29.5 Å². The van der Waals surface area contributed by atoms with Gasteiger partial charge >= 0.3 is 12.2 Å². The Labute approximate surface area is 153 Å². The Hall–Kier alpha value is -2.62. The Morgan fingerprint density at radius 2 is 2.00 bits per heavy atom. The minimum Gasteiger partial charge on any atom is -0.383 e. The number of ether oxygens (including phenoxy) is 1. The van der Waals surface area contributed by atoms with Crippen molar-refractivity contribution >= 4 is 11.7 Å². The lowest BCUT2D eigenvalue weighted by Crippen LogP contribution is -2.28. The summed E-state index contributed by atoms with van der Waals surface area (Å²) >= 11 is 0. The number of carbonyl (C=O) groups excluding carboxylic acids is 1. The fourth-order valence-electron chi connectivity index (χ4n) is 2.55. The number of hydrogen-bond acceptors (Lipinski definition) is 3. The van der Waals surface area contributed by atoms with E-state index in [4.69, 9.17) is 4.74 Å². The van der Waals surface area contributed by atoms with Gasteiger partial charge in [0.15, 0.2) is 0 Å². The standard InChI is InChI=1S/C17H20F4N4O2/c1-10-13(11(2)25(24-10)6-7-27-3)9-22-16(26)23-12-4-5-15(18)14(8-12)17(19,20)21/h4-5,8H,6-7,9H2,1-3H3,(H2,22,23,26). The second-order valence-corrected chi connectivity index (χ2v) is 5.87. The minimum atomic E-state index is -4.84. The lowest BCUT2D eigenvalue weighted by Gasteiger charge is -2.12. The van der Waals surface area contributed by atoms with Gasteiger partial charge in [0.2, 0.25) is 0 Å². The molecule has 0 bridgehead atoms. The zero-order valence-electron chi connectivity index (χ0n) is 15.1. The molecule has 0 aliphatic carbocycles. The zero-order chi connectivity index (χ0) is 20.2. The summed E-state index contributed by atoms with van der Waals surface area (Å²) < 4.78 is 58.2. The maximum absolute atomic E-state index is 13.3. The first-order valence-corrected chi connectivity index (χ1v) is 8.07. The van der Waals surface area contributed by atoms with Gasteiger partial charge in [-0.2, -0.15) is 18.3 Å². The number of methoxy groups -OCH3 is 1. The number of amides is 2. The Balaban J connectivity index is 2.02. The molecule has 1 aromatic carbocycles. The van der Waals surface area contributed by atoms with Crippen molar-refractivity contribution in [1.29, 1.82) is 0 Å². The van der Waals surface area contributed by atoms with E-state index >= 15 is 0 Å². The highest BCUT2D eigenvalue weighted by Crippen LogP contribution is 2.32. The van der Waals surface area contributed by atoms with Crippen LogP contribution in [0.25, 0.3) is 0 Å². The normalized spacial score (nSPS) is 11.5. The van der Waals surface area contributed by atoms with Crippen LogP contribution >= 0.6 is 0 Å². The summed E-state index contributed by atoms with van der Waals surface area (Å²) in [7, 11) is 1.58. The van der Waals surface area contributed by atoms with Gasteiger partial charge in [0.1, 0.15) is 5.82 Å². The van der Waals surface area contributed by atoms with Crippen molar-refractivity contribution in [2.24, 2.45) is 0 Å².